The third kappa shape index (κ3) is 1.93. The van der Waals surface area contributed by atoms with E-state index in [0.717, 1.165) is 25.3 Å². The predicted molar refractivity (Wildman–Crippen MR) is 56.7 cm³/mol. The van der Waals surface area contributed by atoms with Crippen molar-refractivity contribution >= 4 is 0 Å². The van der Waals surface area contributed by atoms with Crippen LogP contribution in [0.5, 0.6) is 0 Å². The molecule has 0 heterocycles. The van der Waals surface area contributed by atoms with Gasteiger partial charge in [-0.25, -0.2) is 0 Å². The van der Waals surface area contributed by atoms with Gasteiger partial charge >= 0.3 is 0 Å². The summed E-state index contributed by atoms with van der Waals surface area (Å²) in [5.74, 6) is 0.927. The standard InChI is InChI=1S/C12H20N2/c1-14(8-11-4-2-5-11)10-12(9-13)6-3-7-12/h11H,2-8,10H2,1H3. The molecular weight excluding hydrogens is 172 g/mol. The van der Waals surface area contributed by atoms with Gasteiger partial charge < -0.3 is 4.90 Å². The van der Waals surface area contributed by atoms with Crippen LogP contribution >= 0.6 is 0 Å². The van der Waals surface area contributed by atoms with E-state index in [1.165, 1.54) is 32.2 Å². The largest absolute Gasteiger partial charge is 0.305 e. The summed E-state index contributed by atoms with van der Waals surface area (Å²) in [6.07, 6.45) is 7.73. The maximum Gasteiger partial charge on any atom is 0.0703 e. The fourth-order valence-electron chi connectivity index (χ4n) is 2.61. The second kappa shape index (κ2) is 3.90. The van der Waals surface area contributed by atoms with Crippen LogP contribution in [0.15, 0.2) is 0 Å². The first-order valence-corrected chi connectivity index (χ1v) is 5.84. The maximum absolute atomic E-state index is 9.11. The summed E-state index contributed by atoms with van der Waals surface area (Å²) < 4.78 is 0. The summed E-state index contributed by atoms with van der Waals surface area (Å²) in [7, 11) is 2.18. The van der Waals surface area contributed by atoms with Crippen molar-refractivity contribution in [3.8, 4) is 6.07 Å². The fraction of sp³-hybridized carbons (Fsp3) is 0.917. The van der Waals surface area contributed by atoms with Crippen LogP contribution in [-0.2, 0) is 0 Å². The normalized spacial score (nSPS) is 25.2. The van der Waals surface area contributed by atoms with Gasteiger partial charge in [-0.15, -0.1) is 0 Å². The molecule has 0 aromatic rings. The molecule has 0 atom stereocenters. The van der Waals surface area contributed by atoms with Gasteiger partial charge in [0.05, 0.1) is 11.5 Å². The van der Waals surface area contributed by atoms with Crippen molar-refractivity contribution in [2.45, 2.75) is 38.5 Å². The minimum absolute atomic E-state index is 0.0263. The van der Waals surface area contributed by atoms with Gasteiger partial charge in [-0.05, 0) is 38.6 Å². The number of nitrogens with zero attached hydrogens (tertiary/aromatic N) is 2. The molecule has 2 heteroatoms. The Morgan fingerprint density at radius 2 is 2.07 bits per heavy atom. The molecule has 0 aromatic heterocycles. The van der Waals surface area contributed by atoms with Crippen molar-refractivity contribution in [1.82, 2.24) is 4.90 Å². The van der Waals surface area contributed by atoms with E-state index >= 15 is 0 Å². The highest BCUT2D eigenvalue weighted by Crippen LogP contribution is 2.41. The molecular formula is C12H20N2. The van der Waals surface area contributed by atoms with E-state index in [-0.39, 0.29) is 5.41 Å². The Balaban J connectivity index is 1.75. The molecule has 0 saturated heterocycles. The lowest BCUT2D eigenvalue weighted by Gasteiger charge is -2.40. The summed E-state index contributed by atoms with van der Waals surface area (Å²) in [5, 5.41) is 9.11. The highest BCUT2D eigenvalue weighted by molar-refractivity contribution is 5.06. The zero-order valence-corrected chi connectivity index (χ0v) is 9.13. The number of hydrogen-bond acceptors (Lipinski definition) is 2. The lowest BCUT2D eigenvalue weighted by molar-refractivity contribution is 0.112. The molecule has 2 rings (SSSR count). The molecule has 2 fully saturated rings. The van der Waals surface area contributed by atoms with Crippen LogP contribution in [0.2, 0.25) is 0 Å². The summed E-state index contributed by atoms with van der Waals surface area (Å²) in [6, 6.07) is 2.51. The van der Waals surface area contributed by atoms with Gasteiger partial charge in [0.25, 0.3) is 0 Å². The first-order chi connectivity index (χ1) is 6.74. The minimum atomic E-state index is 0.0263. The Morgan fingerprint density at radius 1 is 1.36 bits per heavy atom. The monoisotopic (exact) mass is 192 g/mol. The van der Waals surface area contributed by atoms with Crippen molar-refractivity contribution in [3.63, 3.8) is 0 Å². The van der Waals surface area contributed by atoms with E-state index < -0.39 is 0 Å². The highest BCUT2D eigenvalue weighted by Gasteiger charge is 2.38. The van der Waals surface area contributed by atoms with E-state index in [1.54, 1.807) is 0 Å². The number of rotatable bonds is 4. The van der Waals surface area contributed by atoms with Gasteiger partial charge in [0, 0.05) is 13.1 Å². The van der Waals surface area contributed by atoms with Crippen LogP contribution in [0.1, 0.15) is 38.5 Å². The van der Waals surface area contributed by atoms with E-state index in [1.807, 2.05) is 0 Å². The second-order valence-electron chi connectivity index (χ2n) is 5.24. The third-order valence-electron chi connectivity index (χ3n) is 3.92. The SMILES string of the molecule is CN(CC1CCC1)CC1(C#N)CCC1. The zero-order chi connectivity index (χ0) is 10.0. The topological polar surface area (TPSA) is 27.0 Å². The average Bonchev–Trinajstić information content (AvgIpc) is 2.04. The van der Waals surface area contributed by atoms with Crippen LogP contribution < -0.4 is 0 Å². The Labute approximate surface area is 86.9 Å². The zero-order valence-electron chi connectivity index (χ0n) is 9.13. The van der Waals surface area contributed by atoms with Crippen LogP contribution in [0.4, 0.5) is 0 Å². The minimum Gasteiger partial charge on any atom is -0.305 e. The first kappa shape index (κ1) is 9.98. The van der Waals surface area contributed by atoms with Crippen LogP contribution in [-0.4, -0.2) is 25.0 Å². The second-order valence-corrected chi connectivity index (χ2v) is 5.24. The third-order valence-corrected chi connectivity index (χ3v) is 3.92. The quantitative estimate of drug-likeness (QED) is 0.684. The van der Waals surface area contributed by atoms with Crippen molar-refractivity contribution in [2.75, 3.05) is 20.1 Å². The molecule has 0 aromatic carbocycles. The molecule has 14 heavy (non-hydrogen) atoms. The van der Waals surface area contributed by atoms with Crippen LogP contribution in [0.25, 0.3) is 0 Å². The average molecular weight is 192 g/mol. The number of hydrogen-bond donors (Lipinski definition) is 0. The summed E-state index contributed by atoms with van der Waals surface area (Å²) in [5.41, 5.74) is 0.0263. The van der Waals surface area contributed by atoms with Gasteiger partial charge in [0.2, 0.25) is 0 Å². The Bertz CT molecular complexity index is 233. The molecule has 2 aliphatic carbocycles. The van der Waals surface area contributed by atoms with E-state index in [2.05, 4.69) is 18.0 Å². The molecule has 0 unspecified atom stereocenters. The van der Waals surface area contributed by atoms with E-state index in [0.29, 0.717) is 0 Å². The fourth-order valence-corrected chi connectivity index (χ4v) is 2.61. The van der Waals surface area contributed by atoms with Gasteiger partial charge in [-0.2, -0.15) is 5.26 Å². The smallest absolute Gasteiger partial charge is 0.0703 e. The van der Waals surface area contributed by atoms with Gasteiger partial charge in [-0.3, -0.25) is 0 Å². The van der Waals surface area contributed by atoms with Gasteiger partial charge in [-0.1, -0.05) is 12.8 Å². The van der Waals surface area contributed by atoms with Crippen molar-refractivity contribution in [3.05, 3.63) is 0 Å². The molecule has 2 nitrogen and oxygen atoms in total. The molecule has 2 aliphatic rings. The Morgan fingerprint density at radius 3 is 2.43 bits per heavy atom. The lowest BCUT2D eigenvalue weighted by Crippen LogP contribution is -2.42. The molecule has 0 N–H and O–H groups in total. The first-order valence-electron chi connectivity index (χ1n) is 5.84. The summed E-state index contributed by atoms with van der Waals surface area (Å²) >= 11 is 0. The molecule has 0 amide bonds. The van der Waals surface area contributed by atoms with E-state index in [9.17, 15) is 0 Å². The van der Waals surface area contributed by atoms with Gasteiger partial charge in [0.15, 0.2) is 0 Å². The number of nitriles is 1. The maximum atomic E-state index is 9.11. The van der Waals surface area contributed by atoms with Crippen LogP contribution in [0, 0.1) is 22.7 Å². The molecule has 78 valence electrons. The van der Waals surface area contributed by atoms with Crippen molar-refractivity contribution in [1.29, 1.82) is 5.26 Å². The Kier molecular flexibility index (Phi) is 2.78. The van der Waals surface area contributed by atoms with Crippen molar-refractivity contribution < 1.29 is 0 Å². The van der Waals surface area contributed by atoms with Crippen LogP contribution in [0.3, 0.4) is 0 Å². The van der Waals surface area contributed by atoms with Crippen molar-refractivity contribution in [2.24, 2.45) is 11.3 Å². The summed E-state index contributed by atoms with van der Waals surface area (Å²) in [4.78, 5) is 2.38. The molecule has 0 aliphatic heterocycles. The van der Waals surface area contributed by atoms with Gasteiger partial charge in [0.1, 0.15) is 0 Å². The molecule has 2 saturated carbocycles. The Hall–Kier alpha value is -0.550. The molecule has 0 spiro atoms. The molecule has 0 bridgehead atoms. The van der Waals surface area contributed by atoms with E-state index in [4.69, 9.17) is 5.26 Å². The summed E-state index contributed by atoms with van der Waals surface area (Å²) in [6.45, 7) is 2.21. The molecule has 0 radical (unpaired) electrons. The highest BCUT2D eigenvalue weighted by atomic mass is 15.1. The lowest BCUT2D eigenvalue weighted by atomic mass is 9.69. The predicted octanol–water partition coefficient (Wildman–Crippen LogP) is 2.41.